The van der Waals surface area contributed by atoms with Crippen LogP contribution in [0.15, 0.2) is 47.4 Å². The Kier molecular flexibility index (Phi) is 5.15. The van der Waals surface area contributed by atoms with E-state index in [9.17, 15) is 12.8 Å². The van der Waals surface area contributed by atoms with Crippen LogP contribution < -0.4 is 9.46 Å². The van der Waals surface area contributed by atoms with Crippen molar-refractivity contribution >= 4 is 10.0 Å². The van der Waals surface area contributed by atoms with Gasteiger partial charge in [-0.3, -0.25) is 0 Å². The molecule has 0 atom stereocenters. The Morgan fingerprint density at radius 3 is 2.41 bits per heavy atom. The second kappa shape index (κ2) is 6.89. The quantitative estimate of drug-likeness (QED) is 0.832. The van der Waals surface area contributed by atoms with Crippen molar-refractivity contribution < 1.29 is 17.5 Å². The van der Waals surface area contributed by atoms with Gasteiger partial charge >= 0.3 is 0 Å². The standard InChI is InChI=1S/C16H18FNO3S/c1-12-8-13(2)10-15(9-12)21-7-6-18-22(19,20)16-5-3-4-14(17)11-16/h3-5,8-11,18H,6-7H2,1-2H3. The van der Waals surface area contributed by atoms with Gasteiger partial charge in [-0.1, -0.05) is 12.1 Å². The van der Waals surface area contributed by atoms with Gasteiger partial charge in [0.1, 0.15) is 18.2 Å². The maximum absolute atomic E-state index is 13.1. The summed E-state index contributed by atoms with van der Waals surface area (Å²) in [6.07, 6.45) is 0. The predicted octanol–water partition coefficient (Wildman–Crippen LogP) is 2.80. The minimum atomic E-state index is -3.72. The number of rotatable bonds is 6. The lowest BCUT2D eigenvalue weighted by atomic mass is 10.1. The van der Waals surface area contributed by atoms with Gasteiger partial charge < -0.3 is 4.74 Å². The van der Waals surface area contributed by atoms with Gasteiger partial charge in [0.05, 0.1) is 4.90 Å². The number of hydrogen-bond donors (Lipinski definition) is 1. The van der Waals surface area contributed by atoms with Gasteiger partial charge in [0.25, 0.3) is 0 Å². The number of nitrogens with one attached hydrogen (secondary N) is 1. The van der Waals surface area contributed by atoms with E-state index in [4.69, 9.17) is 4.74 Å². The molecule has 0 spiro atoms. The lowest BCUT2D eigenvalue weighted by molar-refractivity contribution is 0.322. The zero-order valence-electron chi connectivity index (χ0n) is 12.5. The van der Waals surface area contributed by atoms with Gasteiger partial charge in [-0.2, -0.15) is 0 Å². The molecule has 0 bridgehead atoms. The van der Waals surface area contributed by atoms with E-state index in [1.54, 1.807) is 0 Å². The van der Waals surface area contributed by atoms with Crippen molar-refractivity contribution in [3.63, 3.8) is 0 Å². The normalized spacial score (nSPS) is 11.4. The van der Waals surface area contributed by atoms with Crippen molar-refractivity contribution in [1.82, 2.24) is 4.72 Å². The summed E-state index contributed by atoms with van der Waals surface area (Å²) in [6, 6.07) is 10.7. The molecule has 0 saturated carbocycles. The third kappa shape index (κ3) is 4.54. The Bertz CT molecular complexity index is 739. The van der Waals surface area contributed by atoms with Crippen molar-refractivity contribution in [2.24, 2.45) is 0 Å². The van der Waals surface area contributed by atoms with Gasteiger partial charge in [0.2, 0.25) is 10.0 Å². The summed E-state index contributed by atoms with van der Waals surface area (Å²) in [4.78, 5) is -0.0982. The SMILES string of the molecule is Cc1cc(C)cc(OCCNS(=O)(=O)c2cccc(F)c2)c1. The van der Waals surface area contributed by atoms with E-state index >= 15 is 0 Å². The second-order valence-electron chi connectivity index (χ2n) is 5.03. The number of halogens is 1. The van der Waals surface area contributed by atoms with E-state index in [0.717, 1.165) is 17.2 Å². The minimum Gasteiger partial charge on any atom is -0.492 e. The molecule has 0 aromatic heterocycles. The Balaban J connectivity index is 1.90. The first-order valence-electron chi connectivity index (χ1n) is 6.83. The first-order chi connectivity index (χ1) is 10.4. The molecule has 0 amide bonds. The molecule has 0 radical (unpaired) electrons. The molecule has 0 saturated heterocycles. The van der Waals surface area contributed by atoms with E-state index in [1.807, 2.05) is 32.0 Å². The molecule has 0 unspecified atom stereocenters. The molecule has 4 nitrogen and oxygen atoms in total. The van der Waals surface area contributed by atoms with Crippen molar-refractivity contribution in [3.05, 3.63) is 59.4 Å². The molecular formula is C16H18FNO3S. The fraction of sp³-hybridized carbons (Fsp3) is 0.250. The fourth-order valence-electron chi connectivity index (χ4n) is 2.08. The first-order valence-corrected chi connectivity index (χ1v) is 8.31. The highest BCUT2D eigenvalue weighted by molar-refractivity contribution is 7.89. The molecule has 2 aromatic carbocycles. The van der Waals surface area contributed by atoms with Crippen LogP contribution in [0.2, 0.25) is 0 Å². The molecule has 0 fully saturated rings. The summed E-state index contributed by atoms with van der Waals surface area (Å²) < 4.78 is 44.9. The molecule has 1 N–H and O–H groups in total. The number of benzene rings is 2. The highest BCUT2D eigenvalue weighted by Gasteiger charge is 2.13. The summed E-state index contributed by atoms with van der Waals surface area (Å²) in [5.74, 6) is 0.108. The fourth-order valence-corrected chi connectivity index (χ4v) is 3.12. The van der Waals surface area contributed by atoms with Crippen LogP contribution in [-0.2, 0) is 10.0 Å². The summed E-state index contributed by atoms with van der Waals surface area (Å²) in [6.45, 7) is 4.22. The number of sulfonamides is 1. The van der Waals surface area contributed by atoms with Crippen LogP contribution in [0.3, 0.4) is 0 Å². The van der Waals surface area contributed by atoms with E-state index in [0.29, 0.717) is 5.75 Å². The molecule has 2 rings (SSSR count). The van der Waals surface area contributed by atoms with E-state index in [1.165, 1.54) is 18.2 Å². The van der Waals surface area contributed by atoms with Gasteiger partial charge in [-0.15, -0.1) is 0 Å². The molecule has 118 valence electrons. The average Bonchev–Trinajstić information content (AvgIpc) is 2.43. The van der Waals surface area contributed by atoms with Crippen LogP contribution in [0, 0.1) is 19.7 Å². The molecule has 22 heavy (non-hydrogen) atoms. The summed E-state index contributed by atoms with van der Waals surface area (Å²) >= 11 is 0. The minimum absolute atomic E-state index is 0.0982. The maximum Gasteiger partial charge on any atom is 0.240 e. The van der Waals surface area contributed by atoms with Gasteiger partial charge in [-0.05, 0) is 55.3 Å². The second-order valence-corrected chi connectivity index (χ2v) is 6.79. The van der Waals surface area contributed by atoms with Crippen molar-refractivity contribution in [2.75, 3.05) is 13.2 Å². The van der Waals surface area contributed by atoms with Crippen LogP contribution in [0.4, 0.5) is 4.39 Å². The smallest absolute Gasteiger partial charge is 0.240 e. The monoisotopic (exact) mass is 323 g/mol. The predicted molar refractivity (Wildman–Crippen MR) is 83.0 cm³/mol. The third-order valence-corrected chi connectivity index (χ3v) is 4.42. The van der Waals surface area contributed by atoms with E-state index in [-0.39, 0.29) is 18.0 Å². The highest BCUT2D eigenvalue weighted by Crippen LogP contribution is 2.16. The van der Waals surface area contributed by atoms with Crippen LogP contribution in [0.5, 0.6) is 5.75 Å². The van der Waals surface area contributed by atoms with Crippen molar-refractivity contribution in [2.45, 2.75) is 18.7 Å². The Hall–Kier alpha value is -1.92. The van der Waals surface area contributed by atoms with Gasteiger partial charge in [0, 0.05) is 6.54 Å². The lowest BCUT2D eigenvalue weighted by Gasteiger charge is -2.10. The van der Waals surface area contributed by atoms with Gasteiger partial charge in [0.15, 0.2) is 0 Å². The van der Waals surface area contributed by atoms with Crippen LogP contribution in [-0.4, -0.2) is 21.6 Å². The Morgan fingerprint density at radius 1 is 1.09 bits per heavy atom. The van der Waals surface area contributed by atoms with E-state index in [2.05, 4.69) is 4.72 Å². The Morgan fingerprint density at radius 2 is 1.77 bits per heavy atom. The maximum atomic E-state index is 13.1. The summed E-state index contributed by atoms with van der Waals surface area (Å²) in [7, 11) is -3.72. The highest BCUT2D eigenvalue weighted by atomic mass is 32.2. The first kappa shape index (κ1) is 16.5. The van der Waals surface area contributed by atoms with Crippen molar-refractivity contribution in [1.29, 1.82) is 0 Å². The van der Waals surface area contributed by atoms with Gasteiger partial charge in [-0.25, -0.2) is 17.5 Å². The largest absolute Gasteiger partial charge is 0.492 e. The molecule has 0 heterocycles. The average molecular weight is 323 g/mol. The Labute approximate surface area is 130 Å². The molecule has 0 aliphatic rings. The zero-order valence-corrected chi connectivity index (χ0v) is 13.3. The van der Waals surface area contributed by atoms with E-state index < -0.39 is 15.8 Å². The number of aryl methyl sites for hydroxylation is 2. The van der Waals surface area contributed by atoms with Crippen molar-refractivity contribution in [3.8, 4) is 5.75 Å². The summed E-state index contributed by atoms with van der Waals surface area (Å²) in [5.41, 5.74) is 2.16. The topological polar surface area (TPSA) is 55.4 Å². The molecule has 0 aliphatic heterocycles. The summed E-state index contributed by atoms with van der Waals surface area (Å²) in [5, 5.41) is 0. The molecule has 2 aromatic rings. The van der Waals surface area contributed by atoms with Crippen LogP contribution in [0.1, 0.15) is 11.1 Å². The molecule has 0 aliphatic carbocycles. The number of hydrogen-bond acceptors (Lipinski definition) is 3. The number of ether oxygens (including phenoxy) is 1. The van der Waals surface area contributed by atoms with Crippen LogP contribution >= 0.6 is 0 Å². The molecular weight excluding hydrogens is 305 g/mol. The third-order valence-electron chi connectivity index (χ3n) is 2.96. The zero-order chi connectivity index (χ0) is 16.2. The van der Waals surface area contributed by atoms with Crippen LogP contribution in [0.25, 0.3) is 0 Å². The molecule has 6 heteroatoms. The lowest BCUT2D eigenvalue weighted by Crippen LogP contribution is -2.28.